The van der Waals surface area contributed by atoms with Crippen LogP contribution in [0, 0.1) is 0 Å². The molecule has 0 radical (unpaired) electrons. The van der Waals surface area contributed by atoms with Gasteiger partial charge in [-0.05, 0) is 18.9 Å². The molecule has 0 unspecified atom stereocenters. The Morgan fingerprint density at radius 3 is 2.85 bits per heavy atom. The Balaban J connectivity index is 1.88. The molecule has 0 amide bonds. The number of methoxy groups -OCH3 is 1. The number of nitrogens with zero attached hydrogens (tertiary/aromatic N) is 2. The van der Waals surface area contributed by atoms with Crippen molar-refractivity contribution in [2.75, 3.05) is 7.11 Å². The molecule has 1 heterocycles. The number of hydrogen-bond donors (Lipinski definition) is 1. The zero-order valence-electron chi connectivity index (χ0n) is 7.66. The van der Waals surface area contributed by atoms with Gasteiger partial charge in [0.1, 0.15) is 0 Å². The molecule has 13 heavy (non-hydrogen) atoms. The largest absolute Gasteiger partial charge is 0.480 e. The summed E-state index contributed by atoms with van der Waals surface area (Å²) in [5, 5.41) is 11.3. The third kappa shape index (κ3) is 2.39. The lowest BCUT2D eigenvalue weighted by atomic mass is 10.4. The maximum absolute atomic E-state index is 4.91. The van der Waals surface area contributed by atoms with E-state index < -0.39 is 0 Å². The summed E-state index contributed by atoms with van der Waals surface area (Å²) in [5.41, 5.74) is 0.965. The Labute approximate surface area is 77.3 Å². The summed E-state index contributed by atoms with van der Waals surface area (Å²) in [4.78, 5) is 0. The first-order valence-corrected chi connectivity index (χ1v) is 4.48. The second kappa shape index (κ2) is 3.70. The third-order valence-corrected chi connectivity index (χ3v) is 2.05. The normalized spacial score (nSPS) is 15.8. The van der Waals surface area contributed by atoms with Crippen LogP contribution in [-0.2, 0) is 6.54 Å². The molecule has 0 spiro atoms. The van der Waals surface area contributed by atoms with Crippen LogP contribution in [0.5, 0.6) is 5.88 Å². The number of aromatic nitrogens is 2. The van der Waals surface area contributed by atoms with E-state index in [-0.39, 0.29) is 0 Å². The highest BCUT2D eigenvalue weighted by molar-refractivity contribution is 5.11. The van der Waals surface area contributed by atoms with E-state index in [0.717, 1.165) is 12.2 Å². The molecule has 1 aromatic rings. The third-order valence-electron chi connectivity index (χ3n) is 2.05. The van der Waals surface area contributed by atoms with Crippen molar-refractivity contribution in [1.29, 1.82) is 0 Å². The maximum atomic E-state index is 4.91. The quantitative estimate of drug-likeness (QED) is 0.740. The van der Waals surface area contributed by atoms with Gasteiger partial charge in [0.05, 0.1) is 12.8 Å². The van der Waals surface area contributed by atoms with Gasteiger partial charge in [-0.15, -0.1) is 5.10 Å². The molecule has 0 saturated heterocycles. The van der Waals surface area contributed by atoms with Gasteiger partial charge in [-0.1, -0.05) is 0 Å². The minimum Gasteiger partial charge on any atom is -0.480 e. The van der Waals surface area contributed by atoms with Gasteiger partial charge in [0.15, 0.2) is 0 Å². The van der Waals surface area contributed by atoms with Crippen LogP contribution in [0.15, 0.2) is 12.1 Å². The molecule has 1 saturated carbocycles. The van der Waals surface area contributed by atoms with Gasteiger partial charge in [-0.3, -0.25) is 0 Å². The molecule has 0 aliphatic heterocycles. The molecule has 2 rings (SSSR count). The zero-order chi connectivity index (χ0) is 9.10. The van der Waals surface area contributed by atoms with Gasteiger partial charge in [0, 0.05) is 18.7 Å². The molecule has 1 N–H and O–H groups in total. The van der Waals surface area contributed by atoms with Crippen molar-refractivity contribution in [2.45, 2.75) is 25.4 Å². The summed E-state index contributed by atoms with van der Waals surface area (Å²) in [5.74, 6) is 0.565. The van der Waals surface area contributed by atoms with Crippen molar-refractivity contribution in [3.05, 3.63) is 17.8 Å². The van der Waals surface area contributed by atoms with Gasteiger partial charge in [-0.25, -0.2) is 0 Å². The minimum atomic E-state index is 0.565. The van der Waals surface area contributed by atoms with Gasteiger partial charge in [-0.2, -0.15) is 5.10 Å². The average molecular weight is 179 g/mol. The summed E-state index contributed by atoms with van der Waals surface area (Å²) < 4.78 is 4.91. The first-order chi connectivity index (χ1) is 6.38. The van der Waals surface area contributed by atoms with E-state index in [1.54, 1.807) is 7.11 Å². The molecule has 0 aromatic carbocycles. The topological polar surface area (TPSA) is 47.0 Å². The first kappa shape index (κ1) is 8.44. The Hall–Kier alpha value is -1.16. The monoisotopic (exact) mass is 179 g/mol. The van der Waals surface area contributed by atoms with E-state index in [1.807, 2.05) is 12.1 Å². The van der Waals surface area contributed by atoms with Crippen LogP contribution in [-0.4, -0.2) is 23.3 Å². The molecule has 4 heteroatoms. The van der Waals surface area contributed by atoms with Gasteiger partial charge in [0.25, 0.3) is 0 Å². The molecule has 0 atom stereocenters. The van der Waals surface area contributed by atoms with Crippen LogP contribution >= 0.6 is 0 Å². The predicted octanol–water partition coefficient (Wildman–Crippen LogP) is 0.737. The van der Waals surface area contributed by atoms with Crippen LogP contribution in [0.2, 0.25) is 0 Å². The summed E-state index contributed by atoms with van der Waals surface area (Å²) >= 11 is 0. The highest BCUT2D eigenvalue weighted by Gasteiger charge is 2.20. The fraction of sp³-hybridized carbons (Fsp3) is 0.556. The van der Waals surface area contributed by atoms with Crippen LogP contribution in [0.1, 0.15) is 18.5 Å². The first-order valence-electron chi connectivity index (χ1n) is 4.48. The van der Waals surface area contributed by atoms with Crippen LogP contribution in [0.4, 0.5) is 0 Å². The second-order valence-electron chi connectivity index (χ2n) is 3.22. The molecule has 4 nitrogen and oxygen atoms in total. The number of rotatable bonds is 4. The molecule has 1 aromatic heterocycles. The lowest BCUT2D eigenvalue weighted by Gasteiger charge is -2.01. The lowest BCUT2D eigenvalue weighted by molar-refractivity contribution is 0.390. The molecule has 0 bridgehead atoms. The van der Waals surface area contributed by atoms with Gasteiger partial charge in [0.2, 0.25) is 5.88 Å². The zero-order valence-corrected chi connectivity index (χ0v) is 7.66. The average Bonchev–Trinajstić information content (AvgIpc) is 2.99. The summed E-state index contributed by atoms with van der Waals surface area (Å²) in [6, 6.07) is 4.47. The number of ether oxygens (including phenoxy) is 1. The Morgan fingerprint density at radius 2 is 2.31 bits per heavy atom. The number of nitrogens with one attached hydrogen (secondary N) is 1. The summed E-state index contributed by atoms with van der Waals surface area (Å²) in [6.45, 7) is 0.807. The SMILES string of the molecule is COc1ccc(CNC2CC2)nn1. The van der Waals surface area contributed by atoms with Crippen molar-refractivity contribution >= 4 is 0 Å². The van der Waals surface area contributed by atoms with Crippen molar-refractivity contribution in [3.63, 3.8) is 0 Å². The fourth-order valence-electron chi connectivity index (χ4n) is 1.09. The van der Waals surface area contributed by atoms with Crippen LogP contribution in [0.3, 0.4) is 0 Å². The van der Waals surface area contributed by atoms with Crippen LogP contribution < -0.4 is 10.1 Å². The molecule has 1 aliphatic carbocycles. The van der Waals surface area contributed by atoms with E-state index in [9.17, 15) is 0 Å². The van der Waals surface area contributed by atoms with Gasteiger partial charge >= 0.3 is 0 Å². The molecule has 1 aliphatic rings. The molecular formula is C9H13N3O. The molecule has 70 valence electrons. The van der Waals surface area contributed by atoms with E-state index in [1.165, 1.54) is 12.8 Å². The molecular weight excluding hydrogens is 166 g/mol. The Bertz CT molecular complexity index is 269. The number of hydrogen-bond acceptors (Lipinski definition) is 4. The Morgan fingerprint density at radius 1 is 1.46 bits per heavy atom. The second-order valence-corrected chi connectivity index (χ2v) is 3.22. The van der Waals surface area contributed by atoms with E-state index in [0.29, 0.717) is 11.9 Å². The minimum absolute atomic E-state index is 0.565. The van der Waals surface area contributed by atoms with E-state index in [4.69, 9.17) is 4.74 Å². The highest BCUT2D eigenvalue weighted by Crippen LogP contribution is 2.18. The summed E-state index contributed by atoms with van der Waals surface area (Å²) in [7, 11) is 1.59. The van der Waals surface area contributed by atoms with E-state index >= 15 is 0 Å². The highest BCUT2D eigenvalue weighted by atomic mass is 16.5. The maximum Gasteiger partial charge on any atom is 0.233 e. The Kier molecular flexibility index (Phi) is 2.40. The predicted molar refractivity (Wildman–Crippen MR) is 48.4 cm³/mol. The van der Waals surface area contributed by atoms with Crippen molar-refractivity contribution in [2.24, 2.45) is 0 Å². The summed E-state index contributed by atoms with van der Waals surface area (Å²) in [6.07, 6.45) is 2.59. The van der Waals surface area contributed by atoms with Gasteiger partial charge < -0.3 is 10.1 Å². The molecule has 1 fully saturated rings. The van der Waals surface area contributed by atoms with E-state index in [2.05, 4.69) is 15.5 Å². The lowest BCUT2D eigenvalue weighted by Crippen LogP contribution is -2.16. The smallest absolute Gasteiger partial charge is 0.233 e. The van der Waals surface area contributed by atoms with Crippen molar-refractivity contribution in [1.82, 2.24) is 15.5 Å². The van der Waals surface area contributed by atoms with Crippen molar-refractivity contribution in [3.8, 4) is 5.88 Å². The standard InChI is InChI=1S/C9H13N3O/c1-13-9-5-4-8(11-12-9)6-10-7-2-3-7/h4-5,7,10H,2-3,6H2,1H3. The van der Waals surface area contributed by atoms with Crippen LogP contribution in [0.25, 0.3) is 0 Å². The van der Waals surface area contributed by atoms with Crippen molar-refractivity contribution < 1.29 is 4.74 Å². The fourth-order valence-corrected chi connectivity index (χ4v) is 1.09.